The molecule has 8 heteroatoms. The smallest absolute Gasteiger partial charge is 0.260 e. The van der Waals surface area contributed by atoms with Crippen LogP contribution in [0.15, 0.2) is 74.7 Å². The number of aromatic amines is 1. The van der Waals surface area contributed by atoms with E-state index in [9.17, 15) is 4.79 Å². The summed E-state index contributed by atoms with van der Waals surface area (Å²) in [6.45, 7) is 0. The largest absolute Gasteiger partial charge is 0.464 e. The number of benzene rings is 1. The van der Waals surface area contributed by atoms with Crippen LogP contribution in [0.3, 0.4) is 0 Å². The van der Waals surface area contributed by atoms with E-state index in [-0.39, 0.29) is 5.56 Å². The highest BCUT2D eigenvalue weighted by atomic mass is 32.2. The van der Waals surface area contributed by atoms with Gasteiger partial charge in [0.15, 0.2) is 5.16 Å². The first-order valence-corrected chi connectivity index (χ1v) is 11.9. The number of rotatable bonds is 6. The minimum Gasteiger partial charge on any atom is -0.464 e. The van der Waals surface area contributed by atoms with Gasteiger partial charge >= 0.3 is 0 Å². The van der Waals surface area contributed by atoms with E-state index in [1.807, 2.05) is 41.9 Å². The first-order valence-electron chi connectivity index (χ1n) is 10.1. The van der Waals surface area contributed by atoms with Gasteiger partial charge in [0.1, 0.15) is 16.4 Å². The molecule has 0 unspecified atom stereocenters. The number of nitrogens with zero attached hydrogens (tertiary/aromatic N) is 3. The second kappa shape index (κ2) is 7.55. The molecule has 31 heavy (non-hydrogen) atoms. The molecule has 1 aromatic carbocycles. The van der Waals surface area contributed by atoms with E-state index in [2.05, 4.69) is 26.7 Å². The van der Waals surface area contributed by atoms with Gasteiger partial charge in [-0.15, -0.1) is 11.3 Å². The lowest BCUT2D eigenvalue weighted by atomic mass is 10.2. The van der Waals surface area contributed by atoms with Crippen LogP contribution in [0.2, 0.25) is 0 Å². The highest BCUT2D eigenvalue weighted by molar-refractivity contribution is 7.98. The van der Waals surface area contributed by atoms with Crippen molar-refractivity contribution in [2.24, 2.45) is 0 Å². The zero-order valence-electron chi connectivity index (χ0n) is 16.4. The third-order valence-electron chi connectivity index (χ3n) is 5.36. The number of imidazole rings is 1. The van der Waals surface area contributed by atoms with E-state index in [0.29, 0.717) is 28.8 Å². The Bertz CT molecular complexity index is 1410. The number of hydrogen-bond donors (Lipinski definition) is 1. The van der Waals surface area contributed by atoms with Crippen molar-refractivity contribution in [3.8, 4) is 22.6 Å². The van der Waals surface area contributed by atoms with Gasteiger partial charge in [0.05, 0.1) is 29.3 Å². The van der Waals surface area contributed by atoms with Crippen molar-refractivity contribution >= 4 is 33.3 Å². The first kappa shape index (κ1) is 18.7. The molecular weight excluding hydrogens is 428 g/mol. The van der Waals surface area contributed by atoms with Crippen LogP contribution >= 0.6 is 23.1 Å². The fraction of sp³-hybridized carbons (Fsp3) is 0.174. The average Bonchev–Trinajstić information content (AvgIpc) is 3.19. The quantitative estimate of drug-likeness (QED) is 0.337. The fourth-order valence-electron chi connectivity index (χ4n) is 3.77. The molecule has 6 rings (SSSR count). The maximum Gasteiger partial charge on any atom is 0.260 e. The number of furan rings is 1. The van der Waals surface area contributed by atoms with Gasteiger partial charge in [0.2, 0.25) is 0 Å². The van der Waals surface area contributed by atoms with Crippen molar-refractivity contribution in [2.75, 3.05) is 0 Å². The van der Waals surface area contributed by atoms with Crippen LogP contribution in [0, 0.1) is 0 Å². The van der Waals surface area contributed by atoms with Crippen LogP contribution in [0.1, 0.15) is 24.7 Å². The molecule has 0 radical (unpaired) electrons. The molecule has 1 saturated carbocycles. The van der Waals surface area contributed by atoms with E-state index >= 15 is 0 Å². The van der Waals surface area contributed by atoms with Crippen molar-refractivity contribution < 1.29 is 4.42 Å². The molecule has 0 aliphatic heterocycles. The normalized spacial score (nSPS) is 13.8. The number of thioether (sulfide) groups is 1. The third-order valence-corrected chi connectivity index (χ3v) is 7.21. The predicted molar refractivity (Wildman–Crippen MR) is 123 cm³/mol. The second-order valence-electron chi connectivity index (χ2n) is 7.50. The molecule has 1 fully saturated rings. The van der Waals surface area contributed by atoms with Gasteiger partial charge in [0.25, 0.3) is 5.56 Å². The summed E-state index contributed by atoms with van der Waals surface area (Å²) in [6.07, 6.45) is 5.91. The first-order chi connectivity index (χ1) is 15.3. The molecule has 0 atom stereocenters. The molecule has 1 aliphatic rings. The average molecular weight is 447 g/mol. The fourth-order valence-corrected chi connectivity index (χ4v) is 5.63. The molecule has 0 amide bonds. The lowest BCUT2D eigenvalue weighted by molar-refractivity contribution is 0.583. The SMILES string of the molecule is O=c1[nH]c(CSc2ncc(-c3ccccc3)n2C2CC2)nc2scc(-c3ccco3)c12. The molecule has 4 heterocycles. The van der Waals surface area contributed by atoms with Crippen LogP contribution in [-0.4, -0.2) is 19.5 Å². The second-order valence-corrected chi connectivity index (χ2v) is 9.30. The van der Waals surface area contributed by atoms with E-state index in [1.54, 1.807) is 18.0 Å². The Morgan fingerprint density at radius 2 is 2.06 bits per heavy atom. The zero-order valence-corrected chi connectivity index (χ0v) is 18.1. The van der Waals surface area contributed by atoms with Crippen LogP contribution in [0.5, 0.6) is 0 Å². The highest BCUT2D eigenvalue weighted by Gasteiger charge is 2.29. The van der Waals surface area contributed by atoms with Gasteiger partial charge in [-0.1, -0.05) is 42.1 Å². The Kier molecular flexibility index (Phi) is 4.54. The Balaban J connectivity index is 1.30. The Hall–Kier alpha value is -3.10. The van der Waals surface area contributed by atoms with Crippen molar-refractivity contribution in [1.82, 2.24) is 19.5 Å². The molecule has 6 nitrogen and oxygen atoms in total. The molecule has 1 N–H and O–H groups in total. The molecule has 0 bridgehead atoms. The van der Waals surface area contributed by atoms with Crippen molar-refractivity contribution in [1.29, 1.82) is 0 Å². The summed E-state index contributed by atoms with van der Waals surface area (Å²) in [4.78, 5) is 25.9. The molecule has 0 saturated heterocycles. The van der Waals surface area contributed by atoms with E-state index < -0.39 is 0 Å². The van der Waals surface area contributed by atoms with Crippen molar-refractivity contribution in [3.05, 3.63) is 76.5 Å². The molecule has 0 spiro atoms. The summed E-state index contributed by atoms with van der Waals surface area (Å²) in [5.74, 6) is 1.89. The third kappa shape index (κ3) is 3.41. The number of H-pyrrole nitrogens is 1. The van der Waals surface area contributed by atoms with Gasteiger partial charge < -0.3 is 14.0 Å². The highest BCUT2D eigenvalue weighted by Crippen LogP contribution is 2.42. The topological polar surface area (TPSA) is 76.7 Å². The van der Waals surface area contributed by atoms with Gasteiger partial charge in [0, 0.05) is 17.0 Å². The molecule has 4 aromatic heterocycles. The molecule has 5 aromatic rings. The van der Waals surface area contributed by atoms with Crippen LogP contribution in [-0.2, 0) is 5.75 Å². The van der Waals surface area contributed by atoms with E-state index in [0.717, 1.165) is 21.2 Å². The van der Waals surface area contributed by atoms with Crippen molar-refractivity contribution in [2.45, 2.75) is 29.8 Å². The lowest BCUT2D eigenvalue weighted by Crippen LogP contribution is -2.11. The van der Waals surface area contributed by atoms with Crippen LogP contribution in [0.25, 0.3) is 32.8 Å². The summed E-state index contributed by atoms with van der Waals surface area (Å²) in [5, 5.41) is 3.47. The number of thiophene rings is 1. The summed E-state index contributed by atoms with van der Waals surface area (Å²) in [7, 11) is 0. The van der Waals surface area contributed by atoms with Gasteiger partial charge in [-0.3, -0.25) is 4.79 Å². The van der Waals surface area contributed by atoms with Crippen molar-refractivity contribution in [3.63, 3.8) is 0 Å². The Morgan fingerprint density at radius 1 is 1.19 bits per heavy atom. The van der Waals surface area contributed by atoms with E-state index in [4.69, 9.17) is 9.40 Å². The number of fused-ring (bicyclic) bond motifs is 1. The summed E-state index contributed by atoms with van der Waals surface area (Å²) in [6, 6.07) is 14.5. The summed E-state index contributed by atoms with van der Waals surface area (Å²) < 4.78 is 7.80. The maximum absolute atomic E-state index is 12.8. The molecular formula is C23H18N4O2S2. The predicted octanol–water partition coefficient (Wildman–Crippen LogP) is 5.74. The minimum atomic E-state index is -0.135. The minimum absolute atomic E-state index is 0.135. The monoisotopic (exact) mass is 446 g/mol. The molecule has 1 aliphatic carbocycles. The standard InChI is InChI=1S/C23H18N4O2S2/c28-21-20-16(18-7-4-10-29-18)12-30-22(20)26-19(25-21)13-31-23-24-11-17(27(23)15-8-9-15)14-5-2-1-3-6-14/h1-7,10-12,15H,8-9,13H2,(H,25,26,28). The van der Waals surface area contributed by atoms with E-state index in [1.165, 1.54) is 29.7 Å². The molecule has 154 valence electrons. The summed E-state index contributed by atoms with van der Waals surface area (Å²) >= 11 is 3.07. The number of aromatic nitrogens is 4. The summed E-state index contributed by atoms with van der Waals surface area (Å²) in [5.41, 5.74) is 2.97. The van der Waals surface area contributed by atoms with Crippen LogP contribution in [0.4, 0.5) is 0 Å². The van der Waals surface area contributed by atoms with Gasteiger partial charge in [-0.25, -0.2) is 9.97 Å². The van der Waals surface area contributed by atoms with Gasteiger partial charge in [-0.05, 0) is 30.5 Å². The van der Waals surface area contributed by atoms with Gasteiger partial charge in [-0.2, -0.15) is 0 Å². The number of nitrogens with one attached hydrogen (secondary N) is 1. The number of hydrogen-bond acceptors (Lipinski definition) is 6. The lowest BCUT2D eigenvalue weighted by Gasteiger charge is -2.10. The Labute approximate surface area is 186 Å². The maximum atomic E-state index is 12.8. The van der Waals surface area contributed by atoms with Crippen LogP contribution < -0.4 is 5.56 Å². The Morgan fingerprint density at radius 3 is 2.84 bits per heavy atom. The zero-order chi connectivity index (χ0) is 20.8.